The molecular formula is C11H15ClF3N. The molecule has 0 amide bonds. The SMILES string of the molecule is CC(C)(C)[C@@H](N)c1cc(F)c(F)cc1F.Cl. The van der Waals surface area contributed by atoms with Crippen molar-refractivity contribution in [1.82, 2.24) is 0 Å². The van der Waals surface area contributed by atoms with Crippen LogP contribution in [0, 0.1) is 22.9 Å². The summed E-state index contributed by atoms with van der Waals surface area (Å²) in [6.45, 7) is 5.41. The van der Waals surface area contributed by atoms with E-state index in [1.165, 1.54) is 0 Å². The molecule has 1 nitrogen and oxygen atoms in total. The predicted molar refractivity (Wildman–Crippen MR) is 59.9 cm³/mol. The molecule has 1 rings (SSSR count). The van der Waals surface area contributed by atoms with Crippen molar-refractivity contribution in [2.45, 2.75) is 26.8 Å². The Morgan fingerprint density at radius 1 is 1.00 bits per heavy atom. The zero-order valence-electron chi connectivity index (χ0n) is 9.35. The van der Waals surface area contributed by atoms with Crippen LogP contribution < -0.4 is 5.73 Å². The van der Waals surface area contributed by atoms with Crippen molar-refractivity contribution < 1.29 is 13.2 Å². The largest absolute Gasteiger partial charge is 0.323 e. The van der Waals surface area contributed by atoms with Crippen LogP contribution in [0.25, 0.3) is 0 Å². The standard InChI is InChI=1S/C11H14F3N.ClH/c1-11(2,3)10(15)6-4-8(13)9(14)5-7(6)12;/h4-5,10H,15H2,1-3H3;1H/t10-;/m0./s1. The first-order valence-electron chi connectivity index (χ1n) is 4.63. The van der Waals surface area contributed by atoms with Crippen molar-refractivity contribution in [3.63, 3.8) is 0 Å². The highest BCUT2D eigenvalue weighted by atomic mass is 35.5. The number of rotatable bonds is 1. The van der Waals surface area contributed by atoms with Gasteiger partial charge >= 0.3 is 0 Å². The Hall–Kier alpha value is -0.740. The highest BCUT2D eigenvalue weighted by molar-refractivity contribution is 5.85. The van der Waals surface area contributed by atoms with Gasteiger partial charge in [-0.3, -0.25) is 0 Å². The Labute approximate surface area is 99.2 Å². The molecule has 16 heavy (non-hydrogen) atoms. The average molecular weight is 254 g/mol. The second kappa shape index (κ2) is 5.06. The maximum atomic E-state index is 13.3. The van der Waals surface area contributed by atoms with E-state index in [-0.39, 0.29) is 18.0 Å². The van der Waals surface area contributed by atoms with Gasteiger partial charge in [0.2, 0.25) is 0 Å². The van der Waals surface area contributed by atoms with E-state index >= 15 is 0 Å². The van der Waals surface area contributed by atoms with Gasteiger partial charge in [-0.15, -0.1) is 12.4 Å². The van der Waals surface area contributed by atoms with Gasteiger partial charge in [-0.25, -0.2) is 13.2 Å². The van der Waals surface area contributed by atoms with Gasteiger partial charge < -0.3 is 5.73 Å². The Morgan fingerprint density at radius 2 is 1.44 bits per heavy atom. The van der Waals surface area contributed by atoms with Gasteiger partial charge in [-0.2, -0.15) is 0 Å². The van der Waals surface area contributed by atoms with E-state index in [9.17, 15) is 13.2 Å². The number of hydrogen-bond acceptors (Lipinski definition) is 1. The number of halogens is 4. The second-order valence-electron chi connectivity index (χ2n) is 4.63. The summed E-state index contributed by atoms with van der Waals surface area (Å²) in [5.74, 6) is -3.08. The van der Waals surface area contributed by atoms with Gasteiger partial charge in [-0.1, -0.05) is 20.8 Å². The molecule has 5 heteroatoms. The van der Waals surface area contributed by atoms with E-state index in [0.717, 1.165) is 6.07 Å². The molecule has 2 N–H and O–H groups in total. The van der Waals surface area contributed by atoms with Crippen LogP contribution in [0.15, 0.2) is 12.1 Å². The molecule has 0 aliphatic rings. The molecule has 0 aromatic heterocycles. The van der Waals surface area contributed by atoms with E-state index in [1.54, 1.807) is 20.8 Å². The maximum Gasteiger partial charge on any atom is 0.161 e. The normalized spacial score (nSPS) is 13.2. The third-order valence-corrected chi connectivity index (χ3v) is 2.31. The summed E-state index contributed by atoms with van der Waals surface area (Å²) in [6, 6.07) is 0.671. The Bertz CT molecular complexity index is 374. The van der Waals surface area contributed by atoms with Gasteiger partial charge in [-0.05, 0) is 11.5 Å². The fourth-order valence-electron chi connectivity index (χ4n) is 1.24. The van der Waals surface area contributed by atoms with Crippen LogP contribution in [0.4, 0.5) is 13.2 Å². The first-order chi connectivity index (χ1) is 6.73. The summed E-state index contributed by atoms with van der Waals surface area (Å²) >= 11 is 0. The van der Waals surface area contributed by atoms with E-state index in [1.807, 2.05) is 0 Å². The molecule has 0 radical (unpaired) electrons. The highest BCUT2D eigenvalue weighted by Crippen LogP contribution is 2.32. The molecule has 0 unspecified atom stereocenters. The summed E-state index contributed by atoms with van der Waals surface area (Å²) < 4.78 is 38.9. The molecule has 1 atom stereocenters. The summed E-state index contributed by atoms with van der Waals surface area (Å²) in [7, 11) is 0. The van der Waals surface area contributed by atoms with Crippen molar-refractivity contribution >= 4 is 12.4 Å². The van der Waals surface area contributed by atoms with Gasteiger partial charge in [0.1, 0.15) is 5.82 Å². The van der Waals surface area contributed by atoms with Crippen LogP contribution in [-0.2, 0) is 0 Å². The van der Waals surface area contributed by atoms with E-state index < -0.39 is 28.9 Å². The van der Waals surface area contributed by atoms with E-state index in [2.05, 4.69) is 0 Å². The van der Waals surface area contributed by atoms with Crippen LogP contribution in [0.5, 0.6) is 0 Å². The summed E-state index contributed by atoms with van der Waals surface area (Å²) in [5, 5.41) is 0. The molecule has 0 fully saturated rings. The lowest BCUT2D eigenvalue weighted by Crippen LogP contribution is -2.27. The second-order valence-corrected chi connectivity index (χ2v) is 4.63. The molecule has 0 bridgehead atoms. The fraction of sp³-hybridized carbons (Fsp3) is 0.455. The van der Waals surface area contributed by atoms with Gasteiger partial charge in [0.15, 0.2) is 11.6 Å². The van der Waals surface area contributed by atoms with Gasteiger partial charge in [0.25, 0.3) is 0 Å². The third kappa shape index (κ3) is 3.12. The Kier molecular flexibility index (Phi) is 4.83. The lowest BCUT2D eigenvalue weighted by Gasteiger charge is -2.27. The molecule has 0 aliphatic heterocycles. The minimum Gasteiger partial charge on any atom is -0.323 e. The smallest absolute Gasteiger partial charge is 0.161 e. The summed E-state index contributed by atoms with van der Waals surface area (Å²) in [4.78, 5) is 0. The van der Waals surface area contributed by atoms with Crippen LogP contribution >= 0.6 is 12.4 Å². The van der Waals surface area contributed by atoms with Gasteiger partial charge in [0, 0.05) is 17.7 Å². The van der Waals surface area contributed by atoms with Crippen molar-refractivity contribution in [2.24, 2.45) is 11.1 Å². The van der Waals surface area contributed by atoms with Crippen LogP contribution in [0.2, 0.25) is 0 Å². The van der Waals surface area contributed by atoms with E-state index in [4.69, 9.17) is 5.73 Å². The monoisotopic (exact) mass is 253 g/mol. The molecule has 0 heterocycles. The quantitative estimate of drug-likeness (QED) is 0.761. The first-order valence-corrected chi connectivity index (χ1v) is 4.63. The van der Waals surface area contributed by atoms with E-state index in [0.29, 0.717) is 6.07 Å². The number of benzene rings is 1. The molecule has 0 aliphatic carbocycles. The molecule has 0 saturated carbocycles. The molecule has 92 valence electrons. The Morgan fingerprint density at radius 3 is 1.88 bits per heavy atom. The van der Waals surface area contributed by atoms with Crippen LogP contribution in [0.3, 0.4) is 0 Å². The van der Waals surface area contributed by atoms with Crippen molar-refractivity contribution in [1.29, 1.82) is 0 Å². The van der Waals surface area contributed by atoms with Crippen molar-refractivity contribution in [2.75, 3.05) is 0 Å². The summed E-state index contributed by atoms with van der Waals surface area (Å²) in [5.41, 5.74) is 5.35. The Balaban J connectivity index is 0.00000225. The highest BCUT2D eigenvalue weighted by Gasteiger charge is 2.26. The first kappa shape index (κ1) is 15.3. The van der Waals surface area contributed by atoms with Crippen molar-refractivity contribution in [3.8, 4) is 0 Å². The lowest BCUT2D eigenvalue weighted by molar-refractivity contribution is 0.317. The molecule has 1 aromatic rings. The predicted octanol–water partition coefficient (Wildman–Crippen LogP) is 3.57. The number of hydrogen-bond donors (Lipinski definition) is 1. The average Bonchev–Trinajstić information content (AvgIpc) is 2.08. The molecule has 0 saturated heterocycles. The van der Waals surface area contributed by atoms with Gasteiger partial charge in [0.05, 0.1) is 0 Å². The topological polar surface area (TPSA) is 26.0 Å². The minimum absolute atomic E-state index is 0. The number of nitrogens with two attached hydrogens (primary N) is 1. The fourth-order valence-corrected chi connectivity index (χ4v) is 1.24. The zero-order valence-corrected chi connectivity index (χ0v) is 10.2. The van der Waals surface area contributed by atoms with Crippen LogP contribution in [0.1, 0.15) is 32.4 Å². The minimum atomic E-state index is -1.20. The van der Waals surface area contributed by atoms with Crippen LogP contribution in [-0.4, -0.2) is 0 Å². The maximum absolute atomic E-state index is 13.3. The molecular weight excluding hydrogens is 239 g/mol. The lowest BCUT2D eigenvalue weighted by atomic mass is 9.83. The molecule has 0 spiro atoms. The molecule has 1 aromatic carbocycles. The zero-order chi connectivity index (χ0) is 11.8. The van der Waals surface area contributed by atoms with Crippen molar-refractivity contribution in [3.05, 3.63) is 35.1 Å². The third-order valence-electron chi connectivity index (χ3n) is 2.31. The summed E-state index contributed by atoms with van der Waals surface area (Å²) in [6.07, 6.45) is 0.